The Hall–Kier alpha value is -0.980. The molecule has 90 valence electrons. The standard InChI is InChI=1S/C11H12FN3S2/c1-6(13)8-4-3-5-9(12)10(8)16-11-14-7(2)15-17-11/h3-6H,13H2,1-2H3. The lowest BCUT2D eigenvalue weighted by Crippen LogP contribution is -2.07. The smallest absolute Gasteiger partial charge is 0.174 e. The van der Waals surface area contributed by atoms with Gasteiger partial charge in [-0.3, -0.25) is 0 Å². The average molecular weight is 269 g/mol. The minimum absolute atomic E-state index is 0.206. The van der Waals surface area contributed by atoms with Crippen LogP contribution < -0.4 is 5.73 Å². The summed E-state index contributed by atoms with van der Waals surface area (Å²) < 4.78 is 18.6. The molecule has 0 fully saturated rings. The summed E-state index contributed by atoms with van der Waals surface area (Å²) in [7, 11) is 0. The van der Waals surface area contributed by atoms with Gasteiger partial charge in [-0.15, -0.1) is 0 Å². The van der Waals surface area contributed by atoms with Crippen LogP contribution in [0.3, 0.4) is 0 Å². The molecule has 3 nitrogen and oxygen atoms in total. The topological polar surface area (TPSA) is 51.8 Å². The van der Waals surface area contributed by atoms with Gasteiger partial charge in [0.2, 0.25) is 0 Å². The fourth-order valence-corrected chi connectivity index (χ4v) is 3.22. The third-order valence-electron chi connectivity index (χ3n) is 2.19. The van der Waals surface area contributed by atoms with Gasteiger partial charge in [-0.25, -0.2) is 9.37 Å². The van der Waals surface area contributed by atoms with Crippen molar-refractivity contribution in [3.05, 3.63) is 35.4 Å². The van der Waals surface area contributed by atoms with Crippen LogP contribution in [-0.4, -0.2) is 9.36 Å². The van der Waals surface area contributed by atoms with E-state index in [9.17, 15) is 4.39 Å². The van der Waals surface area contributed by atoms with Gasteiger partial charge in [0, 0.05) is 6.04 Å². The second-order valence-electron chi connectivity index (χ2n) is 3.66. The van der Waals surface area contributed by atoms with E-state index in [0.29, 0.717) is 10.7 Å². The third-order valence-corrected chi connectivity index (χ3v) is 4.16. The van der Waals surface area contributed by atoms with Crippen LogP contribution in [0.4, 0.5) is 4.39 Å². The lowest BCUT2D eigenvalue weighted by atomic mass is 10.1. The number of benzene rings is 1. The van der Waals surface area contributed by atoms with Crippen molar-refractivity contribution in [2.45, 2.75) is 29.1 Å². The van der Waals surface area contributed by atoms with Gasteiger partial charge >= 0.3 is 0 Å². The fourth-order valence-electron chi connectivity index (χ4n) is 1.40. The van der Waals surface area contributed by atoms with Crippen LogP contribution in [0.15, 0.2) is 27.4 Å². The van der Waals surface area contributed by atoms with Gasteiger partial charge in [0.05, 0.1) is 4.90 Å². The Morgan fingerprint density at radius 2 is 2.24 bits per heavy atom. The zero-order valence-corrected chi connectivity index (χ0v) is 11.1. The van der Waals surface area contributed by atoms with E-state index in [0.717, 1.165) is 9.90 Å². The molecule has 1 aromatic carbocycles. The molecule has 1 heterocycles. The average Bonchev–Trinajstić information content (AvgIpc) is 2.67. The van der Waals surface area contributed by atoms with Crippen LogP contribution in [0.1, 0.15) is 24.4 Å². The van der Waals surface area contributed by atoms with Crippen LogP contribution in [-0.2, 0) is 0 Å². The molecule has 1 atom stereocenters. The number of hydrogen-bond acceptors (Lipinski definition) is 5. The van der Waals surface area contributed by atoms with E-state index in [2.05, 4.69) is 9.36 Å². The monoisotopic (exact) mass is 269 g/mol. The van der Waals surface area contributed by atoms with Crippen molar-refractivity contribution in [3.8, 4) is 0 Å². The number of aromatic nitrogens is 2. The second-order valence-corrected chi connectivity index (χ2v) is 5.67. The maximum Gasteiger partial charge on any atom is 0.174 e. The third kappa shape index (κ3) is 2.83. The molecule has 0 saturated carbocycles. The maximum atomic E-state index is 13.8. The van der Waals surface area contributed by atoms with Crippen LogP contribution in [0.5, 0.6) is 0 Å². The van der Waals surface area contributed by atoms with E-state index in [1.807, 2.05) is 19.9 Å². The molecule has 1 unspecified atom stereocenters. The highest BCUT2D eigenvalue weighted by atomic mass is 32.2. The SMILES string of the molecule is Cc1nsc(Sc2c(F)cccc2C(C)N)n1. The first-order chi connectivity index (χ1) is 8.08. The number of nitrogens with two attached hydrogens (primary N) is 1. The highest BCUT2D eigenvalue weighted by molar-refractivity contribution is 8.01. The summed E-state index contributed by atoms with van der Waals surface area (Å²) in [5, 5.41) is 0. The van der Waals surface area contributed by atoms with E-state index < -0.39 is 0 Å². The van der Waals surface area contributed by atoms with Crippen molar-refractivity contribution < 1.29 is 4.39 Å². The Morgan fingerprint density at radius 1 is 1.47 bits per heavy atom. The van der Waals surface area contributed by atoms with Gasteiger partial charge in [-0.05, 0) is 37.0 Å². The predicted molar refractivity (Wildman–Crippen MR) is 67.8 cm³/mol. The second kappa shape index (κ2) is 5.12. The predicted octanol–water partition coefficient (Wildman–Crippen LogP) is 3.16. The Labute approximate surface area is 107 Å². The lowest BCUT2D eigenvalue weighted by Gasteiger charge is -2.11. The Bertz CT molecular complexity index is 525. The Kier molecular flexibility index (Phi) is 3.76. The van der Waals surface area contributed by atoms with Gasteiger partial charge < -0.3 is 5.73 Å². The van der Waals surface area contributed by atoms with Crippen molar-refractivity contribution in [1.29, 1.82) is 0 Å². The molecule has 0 aliphatic rings. The fraction of sp³-hybridized carbons (Fsp3) is 0.273. The highest BCUT2D eigenvalue weighted by Crippen LogP contribution is 2.35. The number of halogens is 1. The lowest BCUT2D eigenvalue weighted by molar-refractivity contribution is 0.591. The quantitative estimate of drug-likeness (QED) is 0.930. The molecular weight excluding hydrogens is 257 g/mol. The summed E-state index contributed by atoms with van der Waals surface area (Å²) in [6, 6.07) is 4.73. The van der Waals surface area contributed by atoms with Crippen LogP contribution in [0.2, 0.25) is 0 Å². The number of rotatable bonds is 3. The van der Waals surface area contributed by atoms with Crippen molar-refractivity contribution in [3.63, 3.8) is 0 Å². The molecule has 0 aliphatic carbocycles. The number of aryl methyl sites for hydroxylation is 1. The molecule has 0 aliphatic heterocycles. The van der Waals surface area contributed by atoms with Gasteiger partial charge in [0.15, 0.2) is 4.34 Å². The van der Waals surface area contributed by atoms with Gasteiger partial charge in [0.1, 0.15) is 11.6 Å². The highest BCUT2D eigenvalue weighted by Gasteiger charge is 2.14. The molecule has 0 radical (unpaired) electrons. The van der Waals surface area contributed by atoms with Gasteiger partial charge in [-0.1, -0.05) is 23.9 Å². The first-order valence-corrected chi connectivity index (χ1v) is 6.69. The van der Waals surface area contributed by atoms with E-state index >= 15 is 0 Å². The molecule has 2 aromatic rings. The number of nitrogens with zero attached hydrogens (tertiary/aromatic N) is 2. The zero-order chi connectivity index (χ0) is 12.4. The first kappa shape index (κ1) is 12.5. The molecule has 1 aromatic heterocycles. The van der Waals surface area contributed by atoms with Gasteiger partial charge in [-0.2, -0.15) is 4.37 Å². The molecule has 0 spiro atoms. The summed E-state index contributed by atoms with van der Waals surface area (Å²) in [5.74, 6) is 0.439. The van der Waals surface area contributed by atoms with E-state index in [1.165, 1.54) is 29.4 Å². The maximum absolute atomic E-state index is 13.8. The molecule has 2 N–H and O–H groups in total. The summed E-state index contributed by atoms with van der Waals surface area (Å²) in [6.45, 7) is 3.65. The van der Waals surface area contributed by atoms with Crippen LogP contribution in [0.25, 0.3) is 0 Å². The number of hydrogen-bond donors (Lipinski definition) is 1. The first-order valence-electron chi connectivity index (χ1n) is 5.10. The summed E-state index contributed by atoms with van der Waals surface area (Å²) >= 11 is 2.55. The van der Waals surface area contributed by atoms with Crippen molar-refractivity contribution in [2.75, 3.05) is 0 Å². The Balaban J connectivity index is 2.37. The zero-order valence-electron chi connectivity index (χ0n) is 9.48. The van der Waals surface area contributed by atoms with E-state index in [-0.39, 0.29) is 11.9 Å². The summed E-state index contributed by atoms with van der Waals surface area (Å²) in [6.07, 6.45) is 0. The van der Waals surface area contributed by atoms with Crippen molar-refractivity contribution in [1.82, 2.24) is 9.36 Å². The molecular formula is C11H12FN3S2. The Morgan fingerprint density at radius 3 is 2.82 bits per heavy atom. The van der Waals surface area contributed by atoms with Crippen molar-refractivity contribution in [2.24, 2.45) is 5.73 Å². The van der Waals surface area contributed by atoms with Crippen molar-refractivity contribution >= 4 is 23.3 Å². The molecule has 0 saturated heterocycles. The van der Waals surface area contributed by atoms with Gasteiger partial charge in [0.25, 0.3) is 0 Å². The largest absolute Gasteiger partial charge is 0.324 e. The molecule has 6 heteroatoms. The molecule has 2 rings (SSSR count). The minimum atomic E-state index is -0.266. The molecule has 0 bridgehead atoms. The minimum Gasteiger partial charge on any atom is -0.324 e. The van der Waals surface area contributed by atoms with E-state index in [1.54, 1.807) is 6.07 Å². The van der Waals surface area contributed by atoms with Crippen LogP contribution >= 0.6 is 23.3 Å². The normalized spacial score (nSPS) is 12.7. The van der Waals surface area contributed by atoms with E-state index in [4.69, 9.17) is 5.73 Å². The van der Waals surface area contributed by atoms with Crippen LogP contribution in [0, 0.1) is 12.7 Å². The molecule has 17 heavy (non-hydrogen) atoms. The summed E-state index contributed by atoms with van der Waals surface area (Å²) in [4.78, 5) is 4.75. The summed E-state index contributed by atoms with van der Waals surface area (Å²) in [5.41, 5.74) is 6.62. The molecule has 0 amide bonds.